The Labute approximate surface area is 118 Å². The first-order valence-corrected chi connectivity index (χ1v) is 7.12. The maximum absolute atomic E-state index is 12.5. The van der Waals surface area contributed by atoms with Crippen molar-refractivity contribution in [3.05, 3.63) is 23.8 Å². The van der Waals surface area contributed by atoms with Crippen LogP contribution in [-0.4, -0.2) is 40.2 Å². The van der Waals surface area contributed by atoms with Crippen molar-refractivity contribution >= 4 is 5.91 Å². The van der Waals surface area contributed by atoms with E-state index in [9.17, 15) is 15.0 Å². The molecule has 2 fully saturated rings. The number of phenolic OH excluding ortho intramolecular Hbond substituents is 2. The number of nitrogens with zero attached hydrogens (tertiary/aromatic N) is 1. The van der Waals surface area contributed by atoms with E-state index in [1.54, 1.807) is 4.90 Å². The van der Waals surface area contributed by atoms with Gasteiger partial charge in [-0.2, -0.15) is 0 Å². The van der Waals surface area contributed by atoms with Gasteiger partial charge in [0, 0.05) is 19.1 Å². The van der Waals surface area contributed by atoms with Crippen LogP contribution in [0, 0.1) is 11.8 Å². The van der Waals surface area contributed by atoms with Gasteiger partial charge in [-0.05, 0) is 43.2 Å². The fraction of sp³-hybridized carbons (Fsp3) is 0.533. The molecule has 0 radical (unpaired) electrons. The van der Waals surface area contributed by atoms with Gasteiger partial charge in [0.15, 0.2) is 0 Å². The van der Waals surface area contributed by atoms with Crippen LogP contribution in [0.5, 0.6) is 11.5 Å². The van der Waals surface area contributed by atoms with Crippen molar-refractivity contribution < 1.29 is 15.0 Å². The highest BCUT2D eigenvalue weighted by Gasteiger charge is 2.39. The first kappa shape index (κ1) is 13.2. The van der Waals surface area contributed by atoms with Gasteiger partial charge in [0.1, 0.15) is 17.1 Å². The normalized spacial score (nSPS) is 29.2. The minimum atomic E-state index is -0.288. The average Bonchev–Trinajstić information content (AvgIpc) is 2.81. The summed E-state index contributed by atoms with van der Waals surface area (Å²) in [6.45, 7) is 1.37. The zero-order valence-corrected chi connectivity index (χ0v) is 11.3. The summed E-state index contributed by atoms with van der Waals surface area (Å²) < 4.78 is 0. The molecular formula is C15H20N2O3. The number of rotatable bonds is 1. The highest BCUT2D eigenvalue weighted by Crippen LogP contribution is 2.37. The van der Waals surface area contributed by atoms with Gasteiger partial charge in [-0.25, -0.2) is 0 Å². The molecule has 0 spiro atoms. The highest BCUT2D eigenvalue weighted by atomic mass is 16.3. The Kier molecular flexibility index (Phi) is 3.30. The maximum Gasteiger partial charge on any atom is 0.261 e. The predicted octanol–water partition coefficient (Wildman–Crippen LogP) is 1.30. The minimum Gasteiger partial charge on any atom is -0.507 e. The highest BCUT2D eigenvalue weighted by molar-refractivity contribution is 5.99. The molecule has 1 aromatic carbocycles. The van der Waals surface area contributed by atoms with E-state index in [1.165, 1.54) is 18.2 Å². The number of phenols is 2. The van der Waals surface area contributed by atoms with E-state index in [1.807, 2.05) is 0 Å². The van der Waals surface area contributed by atoms with Crippen molar-refractivity contribution in [1.82, 2.24) is 4.90 Å². The van der Waals surface area contributed by atoms with Gasteiger partial charge in [-0.3, -0.25) is 4.79 Å². The molecule has 0 bridgehead atoms. The molecule has 1 aromatic rings. The second-order valence-corrected chi connectivity index (χ2v) is 5.97. The Morgan fingerprint density at radius 3 is 2.50 bits per heavy atom. The standard InChI is InChI=1S/C15H20N2O3/c16-11-5-4-9-7-17(8-10(9)6-11)15(20)14-12(18)2-1-3-13(14)19/h1-3,9-11,18-19H,4-8,16H2/t9-,10+,11?/m1/s1. The molecule has 1 amide bonds. The maximum atomic E-state index is 12.5. The lowest BCUT2D eigenvalue weighted by molar-refractivity contribution is 0.0777. The number of hydrogen-bond acceptors (Lipinski definition) is 4. The van der Waals surface area contributed by atoms with E-state index in [0.717, 1.165) is 19.3 Å². The number of aromatic hydroxyl groups is 2. The van der Waals surface area contributed by atoms with E-state index in [-0.39, 0.29) is 29.0 Å². The fourth-order valence-electron chi connectivity index (χ4n) is 3.54. The van der Waals surface area contributed by atoms with Crippen LogP contribution in [0.4, 0.5) is 0 Å². The molecule has 0 aromatic heterocycles. The van der Waals surface area contributed by atoms with Gasteiger partial charge in [0.05, 0.1) is 0 Å². The molecule has 1 aliphatic carbocycles. The molecule has 1 aliphatic heterocycles. The van der Waals surface area contributed by atoms with Crippen LogP contribution in [0.15, 0.2) is 18.2 Å². The van der Waals surface area contributed by atoms with E-state index in [4.69, 9.17) is 5.73 Å². The van der Waals surface area contributed by atoms with E-state index >= 15 is 0 Å². The number of carbonyl (C=O) groups excluding carboxylic acids is 1. The summed E-state index contributed by atoms with van der Waals surface area (Å²) >= 11 is 0. The molecule has 3 rings (SSSR count). The largest absolute Gasteiger partial charge is 0.507 e. The second-order valence-electron chi connectivity index (χ2n) is 5.97. The molecule has 5 nitrogen and oxygen atoms in total. The molecule has 3 atom stereocenters. The van der Waals surface area contributed by atoms with Crippen LogP contribution in [0.3, 0.4) is 0 Å². The van der Waals surface area contributed by atoms with Gasteiger partial charge < -0.3 is 20.8 Å². The quantitative estimate of drug-likeness (QED) is 0.721. The second kappa shape index (κ2) is 4.98. The summed E-state index contributed by atoms with van der Waals surface area (Å²) in [6, 6.07) is 4.60. The van der Waals surface area contributed by atoms with Crippen molar-refractivity contribution in [1.29, 1.82) is 0 Å². The van der Waals surface area contributed by atoms with Gasteiger partial charge in [-0.15, -0.1) is 0 Å². The van der Waals surface area contributed by atoms with Crippen molar-refractivity contribution in [2.24, 2.45) is 17.6 Å². The molecule has 2 aliphatic rings. The van der Waals surface area contributed by atoms with Crippen LogP contribution in [0.1, 0.15) is 29.6 Å². The Morgan fingerprint density at radius 2 is 1.80 bits per heavy atom. The van der Waals surface area contributed by atoms with Crippen LogP contribution >= 0.6 is 0 Å². The molecule has 1 saturated carbocycles. The summed E-state index contributed by atoms with van der Waals surface area (Å²) in [6.07, 6.45) is 3.04. The summed E-state index contributed by atoms with van der Waals surface area (Å²) in [7, 11) is 0. The van der Waals surface area contributed by atoms with E-state index < -0.39 is 0 Å². The first-order valence-electron chi connectivity index (χ1n) is 7.12. The third-order valence-corrected chi connectivity index (χ3v) is 4.61. The molecule has 1 saturated heterocycles. The summed E-state index contributed by atoms with van der Waals surface area (Å²) in [5.74, 6) is 0.342. The number of likely N-dealkylation sites (tertiary alicyclic amines) is 1. The molecule has 4 N–H and O–H groups in total. The smallest absolute Gasteiger partial charge is 0.261 e. The van der Waals surface area contributed by atoms with Crippen molar-refractivity contribution in [3.8, 4) is 11.5 Å². The molecule has 1 unspecified atom stereocenters. The number of carbonyl (C=O) groups is 1. The van der Waals surface area contributed by atoms with Crippen LogP contribution < -0.4 is 5.73 Å². The average molecular weight is 276 g/mol. The number of nitrogens with two attached hydrogens (primary N) is 1. The minimum absolute atomic E-state index is 0.00967. The topological polar surface area (TPSA) is 86.8 Å². The third-order valence-electron chi connectivity index (χ3n) is 4.61. The van der Waals surface area contributed by atoms with Gasteiger partial charge >= 0.3 is 0 Å². The lowest BCUT2D eigenvalue weighted by atomic mass is 9.79. The SMILES string of the molecule is NC1CC[C@@H]2CN(C(=O)c3c(O)cccc3O)C[C@@H]2C1. The van der Waals surface area contributed by atoms with E-state index in [0.29, 0.717) is 24.9 Å². The zero-order chi connectivity index (χ0) is 14.3. The molecule has 20 heavy (non-hydrogen) atoms. The third kappa shape index (κ3) is 2.22. The summed E-state index contributed by atoms with van der Waals surface area (Å²) in [5, 5.41) is 19.6. The van der Waals surface area contributed by atoms with Crippen molar-refractivity contribution in [3.63, 3.8) is 0 Å². The summed E-state index contributed by atoms with van der Waals surface area (Å²) in [4.78, 5) is 14.2. The molecular weight excluding hydrogens is 256 g/mol. The monoisotopic (exact) mass is 276 g/mol. The number of hydrogen-bond donors (Lipinski definition) is 3. The Balaban J connectivity index is 1.79. The number of amides is 1. The zero-order valence-electron chi connectivity index (χ0n) is 11.3. The van der Waals surface area contributed by atoms with Gasteiger partial charge in [0.25, 0.3) is 5.91 Å². The summed E-state index contributed by atoms with van der Waals surface area (Å²) in [5.41, 5.74) is 6.00. The van der Waals surface area contributed by atoms with Crippen molar-refractivity contribution in [2.75, 3.05) is 13.1 Å². The van der Waals surface area contributed by atoms with Gasteiger partial charge in [0.2, 0.25) is 0 Å². The van der Waals surface area contributed by atoms with Crippen LogP contribution in [0.25, 0.3) is 0 Å². The number of benzene rings is 1. The molecule has 1 heterocycles. The van der Waals surface area contributed by atoms with Crippen molar-refractivity contribution in [2.45, 2.75) is 25.3 Å². The molecule has 108 valence electrons. The Bertz CT molecular complexity index is 512. The van der Waals surface area contributed by atoms with Crippen LogP contribution in [0.2, 0.25) is 0 Å². The first-order chi connectivity index (χ1) is 9.56. The fourth-order valence-corrected chi connectivity index (χ4v) is 3.54. The number of fused-ring (bicyclic) bond motifs is 1. The van der Waals surface area contributed by atoms with Gasteiger partial charge in [-0.1, -0.05) is 6.07 Å². The molecule has 5 heteroatoms. The lowest BCUT2D eigenvalue weighted by Crippen LogP contribution is -2.32. The predicted molar refractivity (Wildman–Crippen MR) is 74.5 cm³/mol. The Morgan fingerprint density at radius 1 is 1.15 bits per heavy atom. The Hall–Kier alpha value is -1.75. The van der Waals surface area contributed by atoms with Crippen LogP contribution in [-0.2, 0) is 0 Å². The lowest BCUT2D eigenvalue weighted by Gasteiger charge is -2.27. The van der Waals surface area contributed by atoms with E-state index in [2.05, 4.69) is 0 Å².